The Kier molecular flexibility index (Phi) is 5.11. The predicted molar refractivity (Wildman–Crippen MR) is 91.8 cm³/mol. The zero-order valence-corrected chi connectivity index (χ0v) is 14.5. The third-order valence-electron chi connectivity index (χ3n) is 4.15. The molecule has 0 bridgehead atoms. The van der Waals surface area contributed by atoms with E-state index in [1.807, 2.05) is 13.8 Å². The van der Waals surface area contributed by atoms with Crippen molar-refractivity contribution in [3.05, 3.63) is 35.0 Å². The number of halogens is 1. The number of hydrogen-bond donors (Lipinski definition) is 2. The average molecular weight is 349 g/mol. The van der Waals surface area contributed by atoms with Crippen LogP contribution < -0.4 is 10.6 Å². The fourth-order valence-corrected chi connectivity index (χ4v) is 2.97. The number of amides is 1. The van der Waals surface area contributed by atoms with Gasteiger partial charge < -0.3 is 9.88 Å². The molecule has 0 spiro atoms. The number of rotatable bonds is 5. The number of aromatic nitrogens is 4. The van der Waals surface area contributed by atoms with Crippen LogP contribution >= 0.6 is 11.6 Å². The van der Waals surface area contributed by atoms with Crippen molar-refractivity contribution in [3.63, 3.8) is 0 Å². The Balaban J connectivity index is 1.61. The first-order valence-corrected chi connectivity index (χ1v) is 8.53. The van der Waals surface area contributed by atoms with E-state index in [-0.39, 0.29) is 11.9 Å². The molecule has 0 saturated carbocycles. The minimum absolute atomic E-state index is 0.0664. The maximum absolute atomic E-state index is 12.3. The van der Waals surface area contributed by atoms with Gasteiger partial charge in [-0.15, -0.1) is 10.2 Å². The molecular formula is C16H21ClN6O. The van der Waals surface area contributed by atoms with Crippen LogP contribution in [0.5, 0.6) is 0 Å². The van der Waals surface area contributed by atoms with E-state index >= 15 is 0 Å². The molecule has 3 heterocycles. The lowest BCUT2D eigenvalue weighted by atomic mass is 10.1. The van der Waals surface area contributed by atoms with Crippen molar-refractivity contribution in [2.24, 2.45) is 0 Å². The summed E-state index contributed by atoms with van der Waals surface area (Å²) >= 11 is 5.79. The number of anilines is 1. The Labute approximate surface area is 145 Å². The zero-order valence-electron chi connectivity index (χ0n) is 13.8. The molecule has 0 fully saturated rings. The number of nitrogens with zero attached hydrogens (tertiary/aromatic N) is 4. The molecule has 128 valence electrons. The second-order valence-corrected chi connectivity index (χ2v) is 6.48. The van der Waals surface area contributed by atoms with Gasteiger partial charge in [0.2, 0.25) is 5.91 Å². The van der Waals surface area contributed by atoms with Gasteiger partial charge >= 0.3 is 0 Å². The SMILES string of the molecule is CC(NC(C)c1nnc2n1CCCC2)C(=O)Nc1ccc(Cl)cn1. The summed E-state index contributed by atoms with van der Waals surface area (Å²) in [5.74, 6) is 2.24. The molecule has 0 radical (unpaired) electrons. The quantitative estimate of drug-likeness (QED) is 0.866. The Morgan fingerprint density at radius 2 is 2.12 bits per heavy atom. The minimum atomic E-state index is -0.394. The van der Waals surface area contributed by atoms with Crippen LogP contribution in [0.3, 0.4) is 0 Å². The normalized spacial score (nSPS) is 16.3. The summed E-state index contributed by atoms with van der Waals surface area (Å²) in [5.41, 5.74) is 0. The van der Waals surface area contributed by atoms with Gasteiger partial charge in [-0.3, -0.25) is 10.1 Å². The second-order valence-electron chi connectivity index (χ2n) is 6.04. The standard InChI is InChI=1S/C16H21ClN6O/c1-10(15-22-21-14-5-3-4-8-23(14)15)19-11(2)16(24)20-13-7-6-12(17)9-18-13/h6-7,9-11,19H,3-5,8H2,1-2H3,(H,18,20,24). The Bertz CT molecular complexity index is 714. The Hall–Kier alpha value is -1.99. The van der Waals surface area contributed by atoms with Crippen LogP contribution in [0.2, 0.25) is 5.02 Å². The van der Waals surface area contributed by atoms with Gasteiger partial charge in [0, 0.05) is 19.2 Å². The Morgan fingerprint density at radius 1 is 1.29 bits per heavy atom. The van der Waals surface area contributed by atoms with Gasteiger partial charge in [-0.1, -0.05) is 11.6 Å². The van der Waals surface area contributed by atoms with E-state index in [4.69, 9.17) is 11.6 Å². The van der Waals surface area contributed by atoms with Crippen molar-refractivity contribution in [3.8, 4) is 0 Å². The summed E-state index contributed by atoms with van der Waals surface area (Å²) in [5, 5.41) is 15.1. The number of fused-ring (bicyclic) bond motifs is 1. The highest BCUT2D eigenvalue weighted by Crippen LogP contribution is 2.19. The first-order chi connectivity index (χ1) is 11.5. The molecule has 8 heteroatoms. The maximum atomic E-state index is 12.3. The number of pyridine rings is 1. The monoisotopic (exact) mass is 348 g/mol. The number of nitrogens with one attached hydrogen (secondary N) is 2. The lowest BCUT2D eigenvalue weighted by molar-refractivity contribution is -0.118. The highest BCUT2D eigenvalue weighted by atomic mass is 35.5. The number of aryl methyl sites for hydroxylation is 1. The smallest absolute Gasteiger partial charge is 0.242 e. The number of carbonyl (C=O) groups excluding carboxylic acids is 1. The van der Waals surface area contributed by atoms with Crippen LogP contribution in [0.4, 0.5) is 5.82 Å². The lowest BCUT2D eigenvalue weighted by Crippen LogP contribution is -2.40. The maximum Gasteiger partial charge on any atom is 0.242 e. The molecule has 1 amide bonds. The fourth-order valence-electron chi connectivity index (χ4n) is 2.86. The van der Waals surface area contributed by atoms with E-state index in [9.17, 15) is 4.79 Å². The molecule has 2 unspecified atom stereocenters. The molecule has 2 aromatic heterocycles. The van der Waals surface area contributed by atoms with Gasteiger partial charge in [0.25, 0.3) is 0 Å². The first kappa shape index (κ1) is 16.9. The van der Waals surface area contributed by atoms with Gasteiger partial charge in [0.1, 0.15) is 17.5 Å². The average Bonchev–Trinajstić information content (AvgIpc) is 3.01. The second kappa shape index (κ2) is 7.27. The summed E-state index contributed by atoms with van der Waals surface area (Å²) in [6.45, 7) is 4.75. The molecule has 0 saturated heterocycles. The fraction of sp³-hybridized carbons (Fsp3) is 0.500. The molecule has 2 aromatic rings. The predicted octanol–water partition coefficient (Wildman–Crippen LogP) is 2.34. The third kappa shape index (κ3) is 3.73. The lowest BCUT2D eigenvalue weighted by Gasteiger charge is -2.21. The molecule has 0 aromatic carbocycles. The van der Waals surface area contributed by atoms with Crippen LogP contribution in [0.1, 0.15) is 44.4 Å². The van der Waals surface area contributed by atoms with Crippen LogP contribution in [-0.2, 0) is 17.8 Å². The zero-order chi connectivity index (χ0) is 17.1. The van der Waals surface area contributed by atoms with E-state index in [1.54, 1.807) is 12.1 Å². The topological polar surface area (TPSA) is 84.7 Å². The largest absolute Gasteiger partial charge is 0.314 e. The van der Waals surface area contributed by atoms with Gasteiger partial charge in [-0.25, -0.2) is 4.98 Å². The summed E-state index contributed by atoms with van der Waals surface area (Å²) in [7, 11) is 0. The van der Waals surface area contributed by atoms with Gasteiger partial charge in [-0.05, 0) is 38.8 Å². The molecule has 7 nitrogen and oxygen atoms in total. The van der Waals surface area contributed by atoms with Crippen molar-refractivity contribution >= 4 is 23.3 Å². The molecule has 2 atom stereocenters. The summed E-state index contributed by atoms with van der Waals surface area (Å²) in [6, 6.07) is 2.90. The summed E-state index contributed by atoms with van der Waals surface area (Å²) < 4.78 is 2.16. The van der Waals surface area contributed by atoms with Crippen molar-refractivity contribution in [2.75, 3.05) is 5.32 Å². The van der Waals surface area contributed by atoms with E-state index in [0.717, 1.165) is 37.5 Å². The van der Waals surface area contributed by atoms with E-state index in [1.165, 1.54) is 6.20 Å². The van der Waals surface area contributed by atoms with Crippen LogP contribution in [0, 0.1) is 0 Å². The Morgan fingerprint density at radius 3 is 2.88 bits per heavy atom. The number of hydrogen-bond acceptors (Lipinski definition) is 5. The summed E-state index contributed by atoms with van der Waals surface area (Å²) in [4.78, 5) is 16.4. The minimum Gasteiger partial charge on any atom is -0.314 e. The molecule has 1 aliphatic rings. The van der Waals surface area contributed by atoms with Crippen molar-refractivity contribution in [2.45, 2.75) is 51.7 Å². The van der Waals surface area contributed by atoms with Crippen molar-refractivity contribution in [1.82, 2.24) is 25.1 Å². The third-order valence-corrected chi connectivity index (χ3v) is 4.37. The molecule has 1 aliphatic heterocycles. The van der Waals surface area contributed by atoms with Crippen molar-refractivity contribution < 1.29 is 4.79 Å². The van der Waals surface area contributed by atoms with Crippen LogP contribution in [-0.4, -0.2) is 31.7 Å². The number of carbonyl (C=O) groups is 1. The van der Waals surface area contributed by atoms with Gasteiger partial charge in [-0.2, -0.15) is 0 Å². The molecule has 3 rings (SSSR count). The van der Waals surface area contributed by atoms with E-state index < -0.39 is 6.04 Å². The molecule has 0 aliphatic carbocycles. The van der Waals surface area contributed by atoms with E-state index in [2.05, 4.69) is 30.4 Å². The highest BCUT2D eigenvalue weighted by Gasteiger charge is 2.23. The molecular weight excluding hydrogens is 328 g/mol. The van der Waals surface area contributed by atoms with Crippen molar-refractivity contribution in [1.29, 1.82) is 0 Å². The van der Waals surface area contributed by atoms with Crippen LogP contribution in [0.25, 0.3) is 0 Å². The van der Waals surface area contributed by atoms with Crippen LogP contribution in [0.15, 0.2) is 18.3 Å². The van der Waals surface area contributed by atoms with Gasteiger partial charge in [0.15, 0.2) is 0 Å². The molecule has 2 N–H and O–H groups in total. The highest BCUT2D eigenvalue weighted by molar-refractivity contribution is 6.30. The van der Waals surface area contributed by atoms with E-state index in [0.29, 0.717) is 10.8 Å². The van der Waals surface area contributed by atoms with Gasteiger partial charge in [0.05, 0.1) is 17.1 Å². The molecule has 24 heavy (non-hydrogen) atoms. The summed E-state index contributed by atoms with van der Waals surface area (Å²) in [6.07, 6.45) is 4.77. The first-order valence-electron chi connectivity index (χ1n) is 8.15.